The minimum Gasteiger partial charge on any atom is -0.491 e. The van der Waals surface area contributed by atoms with Gasteiger partial charge in [0.25, 0.3) is 0 Å². The molecule has 0 heterocycles. The summed E-state index contributed by atoms with van der Waals surface area (Å²) in [5.41, 5.74) is 4.50. The lowest BCUT2D eigenvalue weighted by molar-refractivity contribution is -0.108. The number of thiol groups is 1. The molecule has 0 aromatic carbocycles. The second-order valence-corrected chi connectivity index (χ2v) is 2.42. The zero-order valence-corrected chi connectivity index (χ0v) is 9.46. The molecule has 0 aromatic rings. The monoisotopic (exact) mass is 215 g/mol. The van der Waals surface area contributed by atoms with Gasteiger partial charge in [0.05, 0.1) is 7.11 Å². The summed E-state index contributed by atoms with van der Waals surface area (Å²) in [6.45, 7) is 3.12. The van der Waals surface area contributed by atoms with Crippen LogP contribution in [0.3, 0.4) is 0 Å². The summed E-state index contributed by atoms with van der Waals surface area (Å²) in [6.07, 6.45) is 0. The molecule has 76 valence electrons. The predicted octanol–water partition coefficient (Wildman–Crippen LogP) is 0.193. The van der Waals surface area contributed by atoms with Crippen LogP contribution in [0, 0.1) is 0 Å². The first kappa shape index (κ1) is 22.6. The summed E-state index contributed by atoms with van der Waals surface area (Å²) >= 11 is 7.80. The standard InChI is InChI=1S/C3H6OS.C2H4OS.CH5N.H2O/c1-3(5)4-2;1-2(3)4;1-2;/h1-2H3;1H3,(H,3,4);2H2,1H3;1H2. The van der Waals surface area contributed by atoms with Crippen LogP contribution in [0.15, 0.2) is 0 Å². The number of nitrogens with two attached hydrogens (primary N) is 1. The van der Waals surface area contributed by atoms with Gasteiger partial charge in [0.1, 0.15) is 0 Å². The Hall–Kier alpha value is -0.170. The second-order valence-electron chi connectivity index (χ2n) is 1.21. The Morgan fingerprint density at radius 2 is 1.50 bits per heavy atom. The van der Waals surface area contributed by atoms with Gasteiger partial charge in [0.2, 0.25) is 0 Å². The maximum Gasteiger partial charge on any atom is 0.182 e. The summed E-state index contributed by atoms with van der Waals surface area (Å²) in [5, 5.41) is 0.449. The highest BCUT2D eigenvalue weighted by Gasteiger charge is 1.69. The van der Waals surface area contributed by atoms with Crippen molar-refractivity contribution in [2.75, 3.05) is 14.2 Å². The fraction of sp³-hybridized carbons (Fsp3) is 0.667. The van der Waals surface area contributed by atoms with Gasteiger partial charge in [-0.15, -0.1) is 12.6 Å². The molecular weight excluding hydrogens is 198 g/mol. The van der Waals surface area contributed by atoms with Gasteiger partial charge >= 0.3 is 0 Å². The maximum absolute atomic E-state index is 9.31. The third kappa shape index (κ3) is 229. The molecule has 4 N–H and O–H groups in total. The summed E-state index contributed by atoms with van der Waals surface area (Å²) in [4.78, 5) is 9.31. The third-order valence-corrected chi connectivity index (χ3v) is 0.454. The number of hydrogen-bond donors (Lipinski definition) is 2. The summed E-state index contributed by atoms with van der Waals surface area (Å²) < 4.78 is 4.48. The van der Waals surface area contributed by atoms with Gasteiger partial charge in [-0.2, -0.15) is 0 Å². The molecule has 0 unspecified atom stereocenters. The van der Waals surface area contributed by atoms with Crippen molar-refractivity contribution >= 4 is 35.0 Å². The fourth-order valence-electron chi connectivity index (χ4n) is 0. The molecule has 0 aromatic heterocycles. The Morgan fingerprint density at radius 1 is 1.42 bits per heavy atom. The highest BCUT2D eigenvalue weighted by atomic mass is 32.1. The van der Waals surface area contributed by atoms with Crippen LogP contribution in [-0.2, 0) is 9.53 Å². The molecule has 12 heavy (non-hydrogen) atoms. The SMILES string of the molecule is CC(=O)S.CN.COC(C)=S.O. The molecule has 0 aliphatic rings. The number of thiocarbonyl (C=S) groups is 1. The fourth-order valence-corrected chi connectivity index (χ4v) is 0. The molecule has 0 radical (unpaired) electrons. The Kier molecular flexibility index (Phi) is 42.3. The average Bonchev–Trinajstić information content (AvgIpc) is 1.91. The van der Waals surface area contributed by atoms with E-state index in [2.05, 4.69) is 35.3 Å². The molecular formula is C6H17NO3S2. The number of rotatable bonds is 0. The van der Waals surface area contributed by atoms with Crippen LogP contribution in [0.1, 0.15) is 13.8 Å². The van der Waals surface area contributed by atoms with Crippen molar-refractivity contribution in [3.63, 3.8) is 0 Å². The molecule has 0 amide bonds. The van der Waals surface area contributed by atoms with Crippen molar-refractivity contribution in [3.8, 4) is 0 Å². The van der Waals surface area contributed by atoms with E-state index in [1.165, 1.54) is 14.0 Å². The zero-order valence-electron chi connectivity index (χ0n) is 7.75. The molecule has 4 nitrogen and oxygen atoms in total. The molecule has 0 rings (SSSR count). The predicted molar refractivity (Wildman–Crippen MR) is 58.7 cm³/mol. The lowest BCUT2D eigenvalue weighted by Crippen LogP contribution is -1.84. The molecule has 0 atom stereocenters. The number of hydrogen-bond acceptors (Lipinski definition) is 4. The van der Waals surface area contributed by atoms with Gasteiger partial charge in [-0.1, -0.05) is 0 Å². The van der Waals surface area contributed by atoms with E-state index in [9.17, 15) is 4.79 Å². The van der Waals surface area contributed by atoms with Gasteiger partial charge in [0.15, 0.2) is 10.2 Å². The third-order valence-electron chi connectivity index (χ3n) is 0.287. The van der Waals surface area contributed by atoms with E-state index in [1.54, 1.807) is 14.0 Å². The normalized spacial score (nSPS) is 5.50. The first-order valence-corrected chi connectivity index (χ1v) is 3.68. The van der Waals surface area contributed by atoms with Crippen molar-refractivity contribution in [2.24, 2.45) is 5.73 Å². The molecule has 0 aliphatic carbocycles. The largest absolute Gasteiger partial charge is 0.491 e. The van der Waals surface area contributed by atoms with Gasteiger partial charge in [-0.25, -0.2) is 0 Å². The van der Waals surface area contributed by atoms with Gasteiger partial charge in [-0.05, 0) is 19.3 Å². The van der Waals surface area contributed by atoms with Crippen molar-refractivity contribution in [1.29, 1.82) is 0 Å². The number of ether oxygens (including phenoxy) is 1. The van der Waals surface area contributed by atoms with Crippen LogP contribution >= 0.6 is 24.8 Å². The minimum atomic E-state index is -0.139. The van der Waals surface area contributed by atoms with Crippen molar-refractivity contribution in [3.05, 3.63) is 0 Å². The number of carbonyl (C=O) groups is 1. The summed E-state index contributed by atoms with van der Waals surface area (Å²) in [5.74, 6) is 0. The first-order chi connectivity index (χ1) is 5.00. The molecule has 6 heteroatoms. The Morgan fingerprint density at radius 3 is 1.50 bits per heavy atom. The van der Waals surface area contributed by atoms with Crippen molar-refractivity contribution in [1.82, 2.24) is 0 Å². The lowest BCUT2D eigenvalue weighted by Gasteiger charge is -1.85. The summed E-state index contributed by atoms with van der Waals surface area (Å²) in [7, 11) is 3.06. The molecule has 0 saturated carbocycles. The Labute approximate surface area is 84.2 Å². The topological polar surface area (TPSA) is 83.8 Å². The highest BCUT2D eigenvalue weighted by molar-refractivity contribution is 7.96. The maximum atomic E-state index is 9.31. The van der Waals surface area contributed by atoms with E-state index in [-0.39, 0.29) is 10.6 Å². The highest BCUT2D eigenvalue weighted by Crippen LogP contribution is 1.68. The first-order valence-electron chi connectivity index (χ1n) is 2.82. The molecule has 0 saturated heterocycles. The minimum absolute atomic E-state index is 0. The van der Waals surface area contributed by atoms with E-state index in [4.69, 9.17) is 0 Å². The molecule has 0 fully saturated rings. The molecule has 0 spiro atoms. The van der Waals surface area contributed by atoms with Gasteiger partial charge in [0, 0.05) is 13.8 Å². The van der Waals surface area contributed by atoms with Crippen LogP contribution in [-0.4, -0.2) is 29.8 Å². The van der Waals surface area contributed by atoms with Crippen LogP contribution in [0.2, 0.25) is 0 Å². The number of methoxy groups -OCH3 is 1. The second kappa shape index (κ2) is 22.4. The van der Waals surface area contributed by atoms with Crippen molar-refractivity contribution in [2.45, 2.75) is 13.8 Å². The summed E-state index contributed by atoms with van der Waals surface area (Å²) in [6, 6.07) is 0. The average molecular weight is 215 g/mol. The van der Waals surface area contributed by atoms with Gasteiger partial charge in [-0.3, -0.25) is 4.79 Å². The van der Waals surface area contributed by atoms with Crippen LogP contribution in [0.5, 0.6) is 0 Å². The van der Waals surface area contributed by atoms with E-state index in [0.717, 1.165) is 0 Å². The molecule has 0 bridgehead atoms. The lowest BCUT2D eigenvalue weighted by atomic mass is 10.9. The van der Waals surface area contributed by atoms with Crippen LogP contribution < -0.4 is 5.73 Å². The van der Waals surface area contributed by atoms with Crippen molar-refractivity contribution < 1.29 is 15.0 Å². The zero-order chi connectivity index (χ0) is 9.86. The Balaban J connectivity index is -0.0000000419. The quantitative estimate of drug-likeness (QED) is 0.446. The smallest absolute Gasteiger partial charge is 0.182 e. The van der Waals surface area contributed by atoms with Gasteiger partial charge < -0.3 is 15.9 Å². The Bertz CT molecular complexity index is 105. The van der Waals surface area contributed by atoms with Crippen LogP contribution in [0.4, 0.5) is 0 Å². The van der Waals surface area contributed by atoms with E-state index in [1.807, 2.05) is 0 Å². The van der Waals surface area contributed by atoms with E-state index >= 15 is 0 Å². The van der Waals surface area contributed by atoms with Crippen LogP contribution in [0.25, 0.3) is 0 Å². The van der Waals surface area contributed by atoms with E-state index < -0.39 is 0 Å². The van der Waals surface area contributed by atoms with E-state index in [0.29, 0.717) is 5.05 Å². The molecule has 0 aliphatic heterocycles. The number of carbonyl (C=O) groups excluding carboxylic acids is 1.